The van der Waals surface area contributed by atoms with Gasteiger partial charge in [-0.3, -0.25) is 0 Å². The van der Waals surface area contributed by atoms with Crippen LogP contribution in [0, 0.1) is 11.3 Å². The predicted octanol–water partition coefficient (Wildman–Crippen LogP) is 3.62. The summed E-state index contributed by atoms with van der Waals surface area (Å²) in [6.45, 7) is 8.50. The first-order valence-electron chi connectivity index (χ1n) is 6.45. The third-order valence-electron chi connectivity index (χ3n) is 3.40. The Labute approximate surface area is 117 Å². The molecule has 0 saturated heterocycles. The van der Waals surface area contributed by atoms with Crippen LogP contribution in [0.25, 0.3) is 0 Å². The molecule has 1 atom stereocenters. The molecule has 1 aromatic rings. The number of halogens is 3. The highest BCUT2D eigenvalue weighted by atomic mass is 19.4. The number of alkyl halides is 3. The highest BCUT2D eigenvalue weighted by Gasteiger charge is 2.33. The zero-order chi connectivity index (χ0) is 15.6. The Hall–Kier alpha value is -1.30. The summed E-state index contributed by atoms with van der Waals surface area (Å²) in [5.74, 6) is 0.142. The number of nitrogens with two attached hydrogens (primary N) is 1. The van der Waals surface area contributed by atoms with E-state index in [4.69, 9.17) is 10.5 Å². The van der Waals surface area contributed by atoms with Gasteiger partial charge in [0.25, 0.3) is 0 Å². The molecule has 3 nitrogen and oxygen atoms in total. The van der Waals surface area contributed by atoms with Gasteiger partial charge in [-0.15, -0.1) is 0 Å². The van der Waals surface area contributed by atoms with Gasteiger partial charge < -0.3 is 10.5 Å². The molecule has 0 aliphatic heterocycles. The molecule has 0 aliphatic carbocycles. The maximum absolute atomic E-state index is 12.6. The van der Waals surface area contributed by atoms with E-state index < -0.39 is 11.9 Å². The average molecular weight is 290 g/mol. The van der Waals surface area contributed by atoms with E-state index >= 15 is 0 Å². The minimum atomic E-state index is -4.49. The molecule has 0 radical (unpaired) electrons. The van der Waals surface area contributed by atoms with Crippen LogP contribution in [0.15, 0.2) is 12.1 Å². The number of hydrogen-bond acceptors (Lipinski definition) is 3. The number of rotatable bonds is 4. The molecule has 0 saturated carbocycles. The van der Waals surface area contributed by atoms with Crippen LogP contribution >= 0.6 is 0 Å². The van der Waals surface area contributed by atoms with Crippen LogP contribution in [0.5, 0.6) is 5.88 Å². The van der Waals surface area contributed by atoms with Crippen molar-refractivity contribution < 1.29 is 17.9 Å². The van der Waals surface area contributed by atoms with Gasteiger partial charge in [-0.1, -0.05) is 33.8 Å². The molecule has 0 fully saturated rings. The van der Waals surface area contributed by atoms with Gasteiger partial charge >= 0.3 is 6.18 Å². The molecule has 0 aromatic carbocycles. The lowest BCUT2D eigenvalue weighted by molar-refractivity contribution is -0.141. The van der Waals surface area contributed by atoms with Gasteiger partial charge in [0.1, 0.15) is 5.69 Å². The standard InChI is InChI=1S/C14H21F3N2O/c1-9(13(2,3)4)8-20-12-10(7-18)5-6-11(19-12)14(15,16)17/h5-6,9H,7-8,18H2,1-4H3. The van der Waals surface area contributed by atoms with Gasteiger partial charge in [0.05, 0.1) is 6.61 Å². The summed E-state index contributed by atoms with van der Waals surface area (Å²) in [5.41, 5.74) is 5.01. The Morgan fingerprint density at radius 1 is 1.25 bits per heavy atom. The van der Waals surface area contributed by atoms with Crippen LogP contribution in [0.4, 0.5) is 13.2 Å². The van der Waals surface area contributed by atoms with E-state index in [0.29, 0.717) is 12.2 Å². The monoisotopic (exact) mass is 290 g/mol. The third kappa shape index (κ3) is 4.37. The Morgan fingerprint density at radius 3 is 2.30 bits per heavy atom. The third-order valence-corrected chi connectivity index (χ3v) is 3.40. The molecule has 1 rings (SSSR count). The minimum absolute atomic E-state index is 0.00448. The summed E-state index contributed by atoms with van der Waals surface area (Å²) >= 11 is 0. The van der Waals surface area contributed by atoms with Crippen LogP contribution in [0.1, 0.15) is 39.0 Å². The van der Waals surface area contributed by atoms with Crippen molar-refractivity contribution in [3.63, 3.8) is 0 Å². The Kier molecular flexibility index (Phi) is 5.02. The topological polar surface area (TPSA) is 48.1 Å². The molecule has 2 N–H and O–H groups in total. The first kappa shape index (κ1) is 16.8. The normalized spacial score (nSPS) is 14.2. The van der Waals surface area contributed by atoms with E-state index in [1.165, 1.54) is 6.07 Å². The highest BCUT2D eigenvalue weighted by molar-refractivity contribution is 5.29. The second-order valence-corrected chi connectivity index (χ2v) is 5.94. The molecule has 1 unspecified atom stereocenters. The highest BCUT2D eigenvalue weighted by Crippen LogP contribution is 2.31. The second-order valence-electron chi connectivity index (χ2n) is 5.94. The van der Waals surface area contributed by atoms with Gasteiger partial charge in [-0.2, -0.15) is 13.2 Å². The summed E-state index contributed by atoms with van der Waals surface area (Å²) in [4.78, 5) is 3.54. The maximum Gasteiger partial charge on any atom is 0.433 e. The fourth-order valence-electron chi connectivity index (χ4n) is 1.36. The summed E-state index contributed by atoms with van der Waals surface area (Å²) in [6, 6.07) is 2.23. The zero-order valence-electron chi connectivity index (χ0n) is 12.2. The predicted molar refractivity (Wildman–Crippen MR) is 71.2 cm³/mol. The van der Waals surface area contributed by atoms with Crippen molar-refractivity contribution >= 4 is 0 Å². The van der Waals surface area contributed by atoms with Crippen molar-refractivity contribution in [2.75, 3.05) is 6.61 Å². The van der Waals surface area contributed by atoms with E-state index in [0.717, 1.165) is 6.07 Å². The number of nitrogens with zero attached hydrogens (tertiary/aromatic N) is 1. The molecule has 1 heterocycles. The lowest BCUT2D eigenvalue weighted by Gasteiger charge is -2.27. The van der Waals surface area contributed by atoms with E-state index in [2.05, 4.69) is 4.98 Å². The first-order chi connectivity index (χ1) is 9.05. The second kappa shape index (κ2) is 5.99. The van der Waals surface area contributed by atoms with Crippen molar-refractivity contribution in [2.45, 2.75) is 40.4 Å². The van der Waals surface area contributed by atoms with Crippen molar-refractivity contribution in [2.24, 2.45) is 17.1 Å². The Morgan fingerprint density at radius 2 is 1.85 bits per heavy atom. The summed E-state index contributed by atoms with van der Waals surface area (Å²) in [6.07, 6.45) is -4.49. The van der Waals surface area contributed by atoms with Gasteiger partial charge in [0.2, 0.25) is 5.88 Å². The molecular formula is C14H21F3N2O. The summed E-state index contributed by atoms with van der Waals surface area (Å²) in [7, 11) is 0. The number of aromatic nitrogens is 1. The SMILES string of the molecule is CC(COc1nc(C(F)(F)F)ccc1CN)C(C)(C)C. The maximum atomic E-state index is 12.6. The van der Waals surface area contributed by atoms with Crippen LogP contribution in [-0.2, 0) is 12.7 Å². The van der Waals surface area contributed by atoms with Gasteiger partial charge in [-0.05, 0) is 17.4 Å². The molecule has 1 aromatic heterocycles. The van der Waals surface area contributed by atoms with Gasteiger partial charge in [0.15, 0.2) is 0 Å². The van der Waals surface area contributed by atoms with Crippen LogP contribution in [0.3, 0.4) is 0 Å². The largest absolute Gasteiger partial charge is 0.477 e. The van der Waals surface area contributed by atoms with Gasteiger partial charge in [0, 0.05) is 12.1 Å². The average Bonchev–Trinajstić information content (AvgIpc) is 2.33. The number of pyridine rings is 1. The van der Waals surface area contributed by atoms with E-state index in [-0.39, 0.29) is 23.8 Å². The fourth-order valence-corrected chi connectivity index (χ4v) is 1.36. The molecule has 0 spiro atoms. The molecule has 0 aliphatic rings. The molecule has 20 heavy (non-hydrogen) atoms. The van der Waals surface area contributed by atoms with Crippen molar-refractivity contribution in [1.82, 2.24) is 4.98 Å². The minimum Gasteiger partial charge on any atom is -0.477 e. The van der Waals surface area contributed by atoms with Crippen LogP contribution in [0.2, 0.25) is 0 Å². The fraction of sp³-hybridized carbons (Fsp3) is 0.643. The molecule has 114 valence electrons. The summed E-state index contributed by atoms with van der Waals surface area (Å²) in [5, 5.41) is 0. The van der Waals surface area contributed by atoms with Crippen LogP contribution < -0.4 is 10.5 Å². The lowest BCUT2D eigenvalue weighted by Crippen LogP contribution is -2.24. The Balaban J connectivity index is 2.92. The summed E-state index contributed by atoms with van der Waals surface area (Å²) < 4.78 is 43.4. The van der Waals surface area contributed by atoms with Crippen molar-refractivity contribution in [3.8, 4) is 5.88 Å². The molecular weight excluding hydrogens is 269 g/mol. The zero-order valence-corrected chi connectivity index (χ0v) is 12.2. The van der Waals surface area contributed by atoms with Crippen molar-refractivity contribution in [3.05, 3.63) is 23.4 Å². The first-order valence-corrected chi connectivity index (χ1v) is 6.45. The quantitative estimate of drug-likeness (QED) is 0.921. The lowest BCUT2D eigenvalue weighted by atomic mass is 9.83. The van der Waals surface area contributed by atoms with Crippen molar-refractivity contribution in [1.29, 1.82) is 0 Å². The van der Waals surface area contributed by atoms with E-state index in [1.807, 2.05) is 27.7 Å². The molecule has 6 heteroatoms. The molecule has 0 amide bonds. The van der Waals surface area contributed by atoms with Crippen LogP contribution in [-0.4, -0.2) is 11.6 Å². The van der Waals surface area contributed by atoms with E-state index in [1.54, 1.807) is 0 Å². The number of hydrogen-bond donors (Lipinski definition) is 1. The molecule has 0 bridgehead atoms. The smallest absolute Gasteiger partial charge is 0.433 e. The number of ether oxygens (including phenoxy) is 1. The van der Waals surface area contributed by atoms with Gasteiger partial charge in [-0.25, -0.2) is 4.98 Å². The van der Waals surface area contributed by atoms with E-state index in [9.17, 15) is 13.2 Å². The Bertz CT molecular complexity index is 453.